The Morgan fingerprint density at radius 2 is 1.46 bits per heavy atom. The van der Waals surface area contributed by atoms with Crippen LogP contribution < -0.4 is 21.7 Å². The molecule has 12 nitrogen and oxygen atoms in total. The number of hydrogen-bond donors (Lipinski definition) is 4. The third-order valence-corrected chi connectivity index (χ3v) is 9.76. The minimum Gasteiger partial charge on any atom is -0.458 e. The minimum atomic E-state index is -1.10. The van der Waals surface area contributed by atoms with Gasteiger partial charge in [0.2, 0.25) is 17.6 Å². The van der Waals surface area contributed by atoms with Gasteiger partial charge in [-0.15, -0.1) is 0 Å². The average Bonchev–Trinajstić information content (AvgIpc) is 3.25. The van der Waals surface area contributed by atoms with Gasteiger partial charge in [0.1, 0.15) is 23.7 Å². The number of carbonyl (C=O) groups is 6. The van der Waals surface area contributed by atoms with E-state index < -0.39 is 64.8 Å². The van der Waals surface area contributed by atoms with Gasteiger partial charge in [-0.3, -0.25) is 19.2 Å². The summed E-state index contributed by atoms with van der Waals surface area (Å²) < 4.78 is 5.57. The quantitative estimate of drug-likeness (QED) is 0.261. The summed E-state index contributed by atoms with van der Waals surface area (Å²) in [6.45, 7) is 15.2. The molecule has 0 aromatic carbocycles. The molecule has 0 spiro atoms. The molecular weight excluding hydrogens is 590 g/mol. The number of nitrogens with zero attached hydrogens (tertiary/aromatic N) is 1. The highest BCUT2D eigenvalue weighted by Gasteiger charge is 2.69. The topological polar surface area (TPSA) is 177 Å². The molecule has 0 radical (unpaired) electrons. The van der Waals surface area contributed by atoms with Crippen molar-refractivity contribution in [1.29, 1.82) is 0 Å². The molecule has 5 N–H and O–H groups in total. The lowest BCUT2D eigenvalue weighted by Crippen LogP contribution is -2.60. The first-order valence-electron chi connectivity index (χ1n) is 17.0. The predicted octanol–water partition coefficient (Wildman–Crippen LogP) is 3.35. The Morgan fingerprint density at radius 1 is 0.913 bits per heavy atom. The Hall–Kier alpha value is -3.18. The number of rotatable bonds is 5. The van der Waals surface area contributed by atoms with E-state index in [1.165, 1.54) is 4.90 Å². The first kappa shape index (κ1) is 37.3. The van der Waals surface area contributed by atoms with Crippen LogP contribution in [0.1, 0.15) is 120 Å². The van der Waals surface area contributed by atoms with E-state index in [9.17, 15) is 28.8 Å². The number of ketones is 1. The molecule has 260 valence electrons. The standard InChI is InChI=1S/C34H57N5O7/c1-32(2,3)26(30(44)46-33(4,5)6)38-31(45)37-22-18-16-14-12-10-9-11-13-15-17-21(25(40)27(35)41)36-28(42)24-23-20(34(23,7)8)19-39(24)29(22)43/h20-24,26H,9-19H2,1-8H3,(H2,35,41)(H,36,42)(H2,37,38,45)/t20-,21-,22-,23-,24-,26-/m0/s1. The molecule has 0 aromatic rings. The Labute approximate surface area is 274 Å². The monoisotopic (exact) mass is 647 g/mol. The summed E-state index contributed by atoms with van der Waals surface area (Å²) in [5, 5.41) is 8.35. The summed E-state index contributed by atoms with van der Waals surface area (Å²) in [4.78, 5) is 80.7. The van der Waals surface area contributed by atoms with E-state index in [4.69, 9.17) is 10.5 Å². The maximum absolute atomic E-state index is 14.2. The van der Waals surface area contributed by atoms with E-state index in [1.54, 1.807) is 20.8 Å². The Kier molecular flexibility index (Phi) is 11.9. The van der Waals surface area contributed by atoms with Crippen molar-refractivity contribution in [2.45, 2.75) is 149 Å². The Balaban J connectivity index is 1.87. The molecule has 3 fully saturated rings. The summed E-state index contributed by atoms with van der Waals surface area (Å²) in [5.41, 5.74) is 3.72. The normalized spacial score (nSPS) is 28.4. The van der Waals surface area contributed by atoms with Gasteiger partial charge in [-0.05, 0) is 56.3 Å². The molecule has 2 saturated heterocycles. The van der Waals surface area contributed by atoms with E-state index in [0.717, 1.165) is 38.5 Å². The van der Waals surface area contributed by atoms with Crippen LogP contribution in [-0.2, 0) is 28.7 Å². The van der Waals surface area contributed by atoms with Crippen LogP contribution in [0.5, 0.6) is 0 Å². The molecule has 12 heteroatoms. The predicted molar refractivity (Wildman–Crippen MR) is 173 cm³/mol. The van der Waals surface area contributed by atoms with Crippen LogP contribution in [0, 0.1) is 22.7 Å². The van der Waals surface area contributed by atoms with E-state index in [0.29, 0.717) is 32.2 Å². The lowest BCUT2D eigenvalue weighted by atomic mass is 9.86. The van der Waals surface area contributed by atoms with Gasteiger partial charge in [0.25, 0.3) is 5.91 Å². The van der Waals surface area contributed by atoms with Crippen molar-refractivity contribution < 1.29 is 33.5 Å². The number of ether oxygens (including phenoxy) is 1. The van der Waals surface area contributed by atoms with Crippen molar-refractivity contribution in [3.05, 3.63) is 0 Å². The fourth-order valence-electron chi connectivity index (χ4n) is 7.05. The van der Waals surface area contributed by atoms with E-state index in [2.05, 4.69) is 29.8 Å². The number of nitrogens with two attached hydrogens (primary N) is 1. The number of primary amides is 1. The Bertz CT molecular complexity index is 1170. The highest BCUT2D eigenvalue weighted by Crippen LogP contribution is 2.65. The molecule has 3 aliphatic rings. The van der Waals surface area contributed by atoms with Crippen LogP contribution >= 0.6 is 0 Å². The number of piperidine rings is 1. The number of Topliss-reactive ketones (excluding diaryl/α,β-unsaturated/α-hetero) is 1. The summed E-state index contributed by atoms with van der Waals surface area (Å²) in [7, 11) is 0. The largest absolute Gasteiger partial charge is 0.458 e. The first-order chi connectivity index (χ1) is 21.3. The van der Waals surface area contributed by atoms with Gasteiger partial charge < -0.3 is 31.3 Å². The molecule has 1 saturated carbocycles. The molecule has 1 aliphatic carbocycles. The van der Waals surface area contributed by atoms with Crippen LogP contribution in [0.4, 0.5) is 4.79 Å². The highest BCUT2D eigenvalue weighted by atomic mass is 16.6. The van der Waals surface area contributed by atoms with Crippen LogP contribution in [0.3, 0.4) is 0 Å². The van der Waals surface area contributed by atoms with Gasteiger partial charge >= 0.3 is 12.0 Å². The fraction of sp³-hybridized carbons (Fsp3) is 0.824. The van der Waals surface area contributed by atoms with Crippen LogP contribution in [-0.4, -0.2) is 76.7 Å². The number of fused-ring (bicyclic) bond motifs is 3. The summed E-state index contributed by atoms with van der Waals surface area (Å²) in [6, 6.07) is -4.50. The second kappa shape index (κ2) is 14.7. The second-order valence-electron chi connectivity index (χ2n) is 16.1. The summed E-state index contributed by atoms with van der Waals surface area (Å²) in [6.07, 6.45) is 7.74. The average molecular weight is 648 g/mol. The highest BCUT2D eigenvalue weighted by molar-refractivity contribution is 6.37. The molecule has 0 unspecified atom stereocenters. The van der Waals surface area contributed by atoms with Gasteiger partial charge in [-0.1, -0.05) is 86.0 Å². The molecular formula is C34H57N5O7. The molecule has 2 aliphatic heterocycles. The number of esters is 1. The van der Waals surface area contributed by atoms with Gasteiger partial charge in [0.05, 0.1) is 6.04 Å². The van der Waals surface area contributed by atoms with Crippen molar-refractivity contribution in [3.63, 3.8) is 0 Å². The van der Waals surface area contributed by atoms with E-state index >= 15 is 0 Å². The molecule has 0 bridgehead atoms. The summed E-state index contributed by atoms with van der Waals surface area (Å²) >= 11 is 0. The maximum atomic E-state index is 14.2. The van der Waals surface area contributed by atoms with Gasteiger partial charge in [0.15, 0.2) is 0 Å². The van der Waals surface area contributed by atoms with Crippen LogP contribution in [0.2, 0.25) is 0 Å². The third kappa shape index (κ3) is 9.44. The molecule has 3 rings (SSSR count). The van der Waals surface area contributed by atoms with E-state index in [1.807, 2.05) is 20.8 Å². The van der Waals surface area contributed by atoms with Crippen molar-refractivity contribution in [2.24, 2.45) is 28.4 Å². The van der Waals surface area contributed by atoms with Crippen molar-refractivity contribution in [2.75, 3.05) is 6.54 Å². The number of urea groups is 1. The number of hydrogen-bond acceptors (Lipinski definition) is 7. The van der Waals surface area contributed by atoms with Gasteiger partial charge in [0, 0.05) is 6.54 Å². The third-order valence-electron chi connectivity index (χ3n) is 9.76. The van der Waals surface area contributed by atoms with Crippen molar-refractivity contribution in [1.82, 2.24) is 20.9 Å². The lowest BCUT2D eigenvalue weighted by Gasteiger charge is -2.35. The number of nitrogens with one attached hydrogen (secondary N) is 3. The zero-order valence-electron chi connectivity index (χ0n) is 29.1. The lowest BCUT2D eigenvalue weighted by molar-refractivity contribution is -0.160. The first-order valence-corrected chi connectivity index (χ1v) is 17.0. The molecule has 6 atom stereocenters. The van der Waals surface area contributed by atoms with Crippen LogP contribution in [0.15, 0.2) is 0 Å². The minimum absolute atomic E-state index is 0.0787. The maximum Gasteiger partial charge on any atom is 0.329 e. The Morgan fingerprint density at radius 3 is 1.98 bits per heavy atom. The second-order valence-corrected chi connectivity index (χ2v) is 16.1. The zero-order chi connectivity index (χ0) is 34.6. The van der Waals surface area contributed by atoms with Crippen molar-refractivity contribution >= 4 is 35.5 Å². The number of amides is 5. The van der Waals surface area contributed by atoms with Gasteiger partial charge in [-0.25, -0.2) is 9.59 Å². The molecule has 5 amide bonds. The smallest absolute Gasteiger partial charge is 0.329 e. The molecule has 0 aromatic heterocycles. The SMILES string of the molecule is CC(C)(C)OC(=O)[C@H](NC(=O)N[C@H]1CCCCCCCCCC[C@@H](C(=O)C(N)=O)NC(=O)[C@@H]2[C@@H]3[C@H](CN2C1=O)C3(C)C)C(C)(C)C. The number of carbonyl (C=O) groups excluding carboxylic acids is 6. The fourth-order valence-corrected chi connectivity index (χ4v) is 7.05. The molecule has 46 heavy (non-hydrogen) atoms. The van der Waals surface area contributed by atoms with Crippen LogP contribution in [0.25, 0.3) is 0 Å². The summed E-state index contributed by atoms with van der Waals surface area (Å²) in [5.74, 6) is -3.45. The molecule has 2 heterocycles. The van der Waals surface area contributed by atoms with E-state index in [-0.39, 0.29) is 23.2 Å². The van der Waals surface area contributed by atoms with Gasteiger partial charge in [-0.2, -0.15) is 0 Å². The van der Waals surface area contributed by atoms with Crippen molar-refractivity contribution in [3.8, 4) is 0 Å². The zero-order valence-corrected chi connectivity index (χ0v) is 29.1.